The number of nitrogens with zero attached hydrogens (tertiary/aromatic N) is 1. The number of benzene rings is 2. The van der Waals surface area contributed by atoms with E-state index in [1.54, 1.807) is 25.1 Å². The fourth-order valence-electron chi connectivity index (χ4n) is 2.55. The number of amides is 1. The van der Waals surface area contributed by atoms with Crippen molar-refractivity contribution >= 4 is 16.9 Å². The van der Waals surface area contributed by atoms with Crippen molar-refractivity contribution < 1.29 is 18.4 Å². The number of para-hydroxylation sites is 1. The van der Waals surface area contributed by atoms with Crippen molar-refractivity contribution in [2.75, 3.05) is 7.11 Å². The van der Waals surface area contributed by atoms with E-state index in [2.05, 4.69) is 10.5 Å². The van der Waals surface area contributed by atoms with E-state index in [4.69, 9.17) is 9.26 Å². The highest BCUT2D eigenvalue weighted by Gasteiger charge is 2.15. The fourth-order valence-corrected chi connectivity index (χ4v) is 2.55. The summed E-state index contributed by atoms with van der Waals surface area (Å²) in [5, 5.41) is 7.59. The number of ether oxygens (including phenoxy) is 1. The summed E-state index contributed by atoms with van der Waals surface area (Å²) in [5.41, 5.74) is 1.88. The van der Waals surface area contributed by atoms with E-state index in [0.29, 0.717) is 16.8 Å². The van der Waals surface area contributed by atoms with E-state index >= 15 is 0 Å². The minimum Gasteiger partial charge on any atom is -0.494 e. The van der Waals surface area contributed by atoms with Gasteiger partial charge in [0.25, 0.3) is 0 Å². The number of halogens is 1. The number of methoxy groups -OCH3 is 1. The number of rotatable bonds is 5. The van der Waals surface area contributed by atoms with Crippen LogP contribution in [-0.2, 0) is 11.2 Å². The summed E-state index contributed by atoms with van der Waals surface area (Å²) in [7, 11) is 1.41. The normalized spacial score (nSPS) is 12.1. The first-order chi connectivity index (χ1) is 11.6. The summed E-state index contributed by atoms with van der Waals surface area (Å²) in [5.74, 6) is -0.497. The monoisotopic (exact) mass is 328 g/mol. The molecule has 1 amide bonds. The van der Waals surface area contributed by atoms with Gasteiger partial charge in [0.05, 0.1) is 19.6 Å². The molecule has 0 radical (unpaired) electrons. The zero-order chi connectivity index (χ0) is 17.1. The lowest BCUT2D eigenvalue weighted by molar-refractivity contribution is -0.121. The van der Waals surface area contributed by atoms with Gasteiger partial charge in [0.2, 0.25) is 5.91 Å². The highest BCUT2D eigenvalue weighted by Crippen LogP contribution is 2.22. The van der Waals surface area contributed by atoms with Crippen LogP contribution in [0.15, 0.2) is 47.0 Å². The molecule has 0 aliphatic carbocycles. The lowest BCUT2D eigenvalue weighted by Gasteiger charge is -2.15. The number of aromatic nitrogens is 1. The largest absolute Gasteiger partial charge is 0.494 e. The molecule has 1 atom stereocenters. The van der Waals surface area contributed by atoms with E-state index in [9.17, 15) is 9.18 Å². The topological polar surface area (TPSA) is 64.4 Å². The van der Waals surface area contributed by atoms with Crippen molar-refractivity contribution in [1.82, 2.24) is 10.5 Å². The molecule has 0 bridgehead atoms. The standard InChI is InChI=1S/C18H17FN2O3/c1-11(12-7-8-17(23-2)14(19)9-12)20-18(22)10-15-13-5-3-4-6-16(13)24-21-15/h3-9,11H,10H2,1-2H3,(H,20,22)/t11-/m1/s1. The molecule has 0 unspecified atom stereocenters. The molecule has 3 rings (SSSR count). The van der Waals surface area contributed by atoms with E-state index in [1.165, 1.54) is 13.2 Å². The molecule has 1 N–H and O–H groups in total. The van der Waals surface area contributed by atoms with Gasteiger partial charge >= 0.3 is 0 Å². The van der Waals surface area contributed by atoms with Gasteiger partial charge in [-0.1, -0.05) is 23.4 Å². The molecule has 2 aromatic carbocycles. The van der Waals surface area contributed by atoms with Gasteiger partial charge in [0.15, 0.2) is 17.1 Å². The minimum absolute atomic E-state index is 0.0972. The third-order valence-corrected chi connectivity index (χ3v) is 3.83. The van der Waals surface area contributed by atoms with Crippen molar-refractivity contribution in [3.63, 3.8) is 0 Å². The van der Waals surface area contributed by atoms with E-state index in [-0.39, 0.29) is 24.1 Å². The average Bonchev–Trinajstić information content (AvgIpc) is 2.97. The molecule has 0 saturated carbocycles. The molecule has 3 aromatic rings. The Morgan fingerprint density at radius 3 is 2.88 bits per heavy atom. The Morgan fingerprint density at radius 1 is 1.33 bits per heavy atom. The maximum Gasteiger partial charge on any atom is 0.226 e. The molecule has 1 heterocycles. The second-order valence-corrected chi connectivity index (χ2v) is 5.49. The first-order valence-electron chi connectivity index (χ1n) is 7.54. The fraction of sp³-hybridized carbons (Fsp3) is 0.222. The number of carbonyl (C=O) groups excluding carboxylic acids is 1. The molecule has 6 heteroatoms. The van der Waals surface area contributed by atoms with E-state index in [0.717, 1.165) is 5.39 Å². The first-order valence-corrected chi connectivity index (χ1v) is 7.54. The molecule has 0 saturated heterocycles. The Bertz CT molecular complexity index is 876. The average molecular weight is 328 g/mol. The predicted molar refractivity (Wildman–Crippen MR) is 87.2 cm³/mol. The Labute approximate surface area is 138 Å². The van der Waals surface area contributed by atoms with Crippen molar-refractivity contribution in [2.24, 2.45) is 0 Å². The third-order valence-electron chi connectivity index (χ3n) is 3.83. The van der Waals surface area contributed by atoms with Gasteiger partial charge in [-0.05, 0) is 36.8 Å². The molecule has 24 heavy (non-hydrogen) atoms. The SMILES string of the molecule is COc1ccc([C@@H](C)NC(=O)Cc2noc3ccccc23)cc1F. The summed E-state index contributed by atoms with van der Waals surface area (Å²) in [4.78, 5) is 12.2. The second-order valence-electron chi connectivity index (χ2n) is 5.49. The van der Waals surface area contributed by atoms with Gasteiger partial charge in [0, 0.05) is 5.39 Å². The highest BCUT2D eigenvalue weighted by molar-refractivity contribution is 5.86. The summed E-state index contributed by atoms with van der Waals surface area (Å²) in [6.07, 6.45) is 0.0972. The van der Waals surface area contributed by atoms with Crippen LogP contribution in [0.2, 0.25) is 0 Å². The molecular weight excluding hydrogens is 311 g/mol. The molecule has 0 aliphatic heterocycles. The van der Waals surface area contributed by atoms with Crippen LogP contribution >= 0.6 is 0 Å². The van der Waals surface area contributed by atoms with Crippen molar-refractivity contribution in [1.29, 1.82) is 0 Å². The molecule has 5 nitrogen and oxygen atoms in total. The van der Waals surface area contributed by atoms with Crippen LogP contribution in [0, 0.1) is 5.82 Å². The molecule has 0 spiro atoms. The number of fused-ring (bicyclic) bond motifs is 1. The van der Waals surface area contributed by atoms with E-state index in [1.807, 2.05) is 18.2 Å². The number of nitrogens with one attached hydrogen (secondary N) is 1. The molecule has 124 valence electrons. The Kier molecular flexibility index (Phi) is 4.46. The first kappa shape index (κ1) is 16.0. The Balaban J connectivity index is 1.69. The summed E-state index contributed by atoms with van der Waals surface area (Å²) < 4.78 is 23.8. The van der Waals surface area contributed by atoms with Crippen LogP contribution in [0.1, 0.15) is 24.2 Å². The lowest BCUT2D eigenvalue weighted by atomic mass is 10.1. The molecule has 0 fully saturated rings. The van der Waals surface area contributed by atoms with Gasteiger partial charge in [0.1, 0.15) is 5.69 Å². The van der Waals surface area contributed by atoms with Gasteiger partial charge < -0.3 is 14.6 Å². The van der Waals surface area contributed by atoms with Crippen molar-refractivity contribution in [3.8, 4) is 5.75 Å². The summed E-state index contributed by atoms with van der Waals surface area (Å²) in [6.45, 7) is 1.79. The Hall–Kier alpha value is -2.89. The second kappa shape index (κ2) is 6.70. The molecular formula is C18H17FN2O3. The van der Waals surface area contributed by atoms with E-state index < -0.39 is 5.82 Å². The van der Waals surface area contributed by atoms with Gasteiger partial charge in [-0.3, -0.25) is 4.79 Å². The minimum atomic E-state index is -0.460. The quantitative estimate of drug-likeness (QED) is 0.780. The number of carbonyl (C=O) groups is 1. The van der Waals surface area contributed by atoms with Crippen molar-refractivity contribution in [2.45, 2.75) is 19.4 Å². The van der Waals surface area contributed by atoms with Crippen LogP contribution in [-0.4, -0.2) is 18.2 Å². The zero-order valence-electron chi connectivity index (χ0n) is 13.4. The predicted octanol–water partition coefficient (Wildman–Crippen LogP) is 3.40. The Morgan fingerprint density at radius 2 is 2.12 bits per heavy atom. The maximum atomic E-state index is 13.8. The lowest BCUT2D eigenvalue weighted by Crippen LogP contribution is -2.28. The van der Waals surface area contributed by atoms with Crippen molar-refractivity contribution in [3.05, 3.63) is 59.5 Å². The maximum absolute atomic E-state index is 13.8. The third kappa shape index (κ3) is 3.22. The van der Waals surface area contributed by atoms with Crippen LogP contribution in [0.4, 0.5) is 4.39 Å². The zero-order valence-corrected chi connectivity index (χ0v) is 13.4. The summed E-state index contributed by atoms with van der Waals surface area (Å²) >= 11 is 0. The number of hydrogen-bond acceptors (Lipinski definition) is 4. The van der Waals surface area contributed by atoms with Gasteiger partial charge in [-0.25, -0.2) is 4.39 Å². The van der Waals surface area contributed by atoms with Crippen LogP contribution < -0.4 is 10.1 Å². The summed E-state index contributed by atoms with van der Waals surface area (Å²) in [6, 6.07) is 11.6. The smallest absolute Gasteiger partial charge is 0.226 e. The molecule has 1 aromatic heterocycles. The van der Waals surface area contributed by atoms with Gasteiger partial charge in [-0.2, -0.15) is 0 Å². The highest BCUT2D eigenvalue weighted by atomic mass is 19.1. The van der Waals surface area contributed by atoms with Crippen LogP contribution in [0.25, 0.3) is 11.0 Å². The molecule has 0 aliphatic rings. The van der Waals surface area contributed by atoms with Crippen LogP contribution in [0.5, 0.6) is 5.75 Å². The van der Waals surface area contributed by atoms with Gasteiger partial charge in [-0.15, -0.1) is 0 Å². The van der Waals surface area contributed by atoms with Crippen LogP contribution in [0.3, 0.4) is 0 Å². The number of hydrogen-bond donors (Lipinski definition) is 1.